The standard InChI is InChI=1S/C25H33BrF4N4O2Si/c1-15-13-34(14-16(2)33(15)3)22-11-20(27)19(26)10-21(22)32-24(35)17-12-31-23(9-18(17)25(28,29)30)36-7-8-37(4,5)6/h9-12,15-16H,7-8,13-14H2,1-6H3,(H,32,35)/t15-,16+. The molecule has 0 radical (unpaired) electrons. The summed E-state index contributed by atoms with van der Waals surface area (Å²) < 4.78 is 61.8. The molecule has 6 nitrogen and oxygen atoms in total. The van der Waals surface area contributed by atoms with Crippen molar-refractivity contribution in [2.24, 2.45) is 0 Å². The molecule has 2 aromatic rings. The Morgan fingerprint density at radius 2 is 1.81 bits per heavy atom. The van der Waals surface area contributed by atoms with Crippen LogP contribution in [0.5, 0.6) is 5.88 Å². The molecule has 0 aliphatic carbocycles. The molecular formula is C25H33BrF4N4O2Si. The van der Waals surface area contributed by atoms with Crippen LogP contribution in [0.1, 0.15) is 29.8 Å². The van der Waals surface area contributed by atoms with Gasteiger partial charge in [-0.1, -0.05) is 19.6 Å². The number of pyridine rings is 1. The monoisotopic (exact) mass is 604 g/mol. The number of nitrogens with zero attached hydrogens (tertiary/aromatic N) is 3. The van der Waals surface area contributed by atoms with E-state index < -0.39 is 37.1 Å². The van der Waals surface area contributed by atoms with E-state index >= 15 is 0 Å². The fraction of sp³-hybridized carbons (Fsp3) is 0.520. The van der Waals surface area contributed by atoms with Crippen LogP contribution < -0.4 is 15.0 Å². The van der Waals surface area contributed by atoms with E-state index in [0.717, 1.165) is 18.3 Å². The number of ether oxygens (including phenoxy) is 1. The van der Waals surface area contributed by atoms with Gasteiger partial charge in [0, 0.05) is 51.6 Å². The summed E-state index contributed by atoms with van der Waals surface area (Å²) in [5.74, 6) is -1.72. The maximum atomic E-state index is 14.5. The number of anilines is 2. The van der Waals surface area contributed by atoms with Gasteiger partial charge in [-0.3, -0.25) is 9.69 Å². The van der Waals surface area contributed by atoms with Crippen LogP contribution in [-0.2, 0) is 6.18 Å². The summed E-state index contributed by atoms with van der Waals surface area (Å²) in [6.07, 6.45) is -3.93. The Morgan fingerprint density at radius 3 is 2.38 bits per heavy atom. The first-order valence-corrected chi connectivity index (χ1v) is 16.5. The molecule has 204 valence electrons. The zero-order valence-electron chi connectivity index (χ0n) is 21.8. The fourth-order valence-electron chi connectivity index (χ4n) is 4.08. The van der Waals surface area contributed by atoms with Crippen LogP contribution in [0.25, 0.3) is 0 Å². The fourth-order valence-corrected chi connectivity index (χ4v) is 5.14. The van der Waals surface area contributed by atoms with Gasteiger partial charge in [0.1, 0.15) is 5.82 Å². The zero-order chi connectivity index (χ0) is 27.7. The van der Waals surface area contributed by atoms with Crippen molar-refractivity contribution in [3.63, 3.8) is 0 Å². The third kappa shape index (κ3) is 7.44. The number of carbonyl (C=O) groups excluding carboxylic acids is 1. The highest BCUT2D eigenvalue weighted by Crippen LogP contribution is 2.37. The van der Waals surface area contributed by atoms with Crippen LogP contribution in [0, 0.1) is 5.82 Å². The van der Waals surface area contributed by atoms with E-state index in [1.807, 2.05) is 25.8 Å². The topological polar surface area (TPSA) is 57.7 Å². The van der Waals surface area contributed by atoms with Crippen LogP contribution in [0.3, 0.4) is 0 Å². The highest BCUT2D eigenvalue weighted by atomic mass is 79.9. The second-order valence-electron chi connectivity index (χ2n) is 10.7. The number of hydrogen-bond donors (Lipinski definition) is 1. The van der Waals surface area contributed by atoms with E-state index in [2.05, 4.69) is 50.8 Å². The van der Waals surface area contributed by atoms with Crippen molar-refractivity contribution in [3.8, 4) is 5.88 Å². The number of halogens is 5. The third-order valence-corrected chi connectivity index (χ3v) is 8.83. The second kappa shape index (κ2) is 11.3. The zero-order valence-corrected chi connectivity index (χ0v) is 24.4. The first-order chi connectivity index (χ1) is 17.1. The van der Waals surface area contributed by atoms with Crippen LogP contribution in [0.4, 0.5) is 28.9 Å². The molecule has 12 heteroatoms. The predicted molar refractivity (Wildman–Crippen MR) is 144 cm³/mol. The molecule has 0 spiro atoms. The number of alkyl halides is 3. The number of piperazine rings is 1. The summed E-state index contributed by atoms with van der Waals surface area (Å²) in [4.78, 5) is 21.2. The molecular weight excluding hydrogens is 572 g/mol. The molecule has 1 aromatic carbocycles. The Bertz CT molecular complexity index is 1130. The minimum atomic E-state index is -4.80. The number of carbonyl (C=O) groups is 1. The minimum Gasteiger partial charge on any atom is -0.478 e. The minimum absolute atomic E-state index is 0.0853. The molecule has 2 heterocycles. The Kier molecular flexibility index (Phi) is 8.96. The lowest BCUT2D eigenvalue weighted by Crippen LogP contribution is -2.55. The number of likely N-dealkylation sites (N-methyl/N-ethyl adjacent to an activating group) is 1. The smallest absolute Gasteiger partial charge is 0.417 e. The van der Waals surface area contributed by atoms with Gasteiger partial charge >= 0.3 is 6.18 Å². The van der Waals surface area contributed by atoms with Crippen LogP contribution in [0.15, 0.2) is 28.9 Å². The highest BCUT2D eigenvalue weighted by Gasteiger charge is 2.37. The van der Waals surface area contributed by atoms with E-state index in [4.69, 9.17) is 4.74 Å². The Morgan fingerprint density at radius 1 is 1.19 bits per heavy atom. The summed E-state index contributed by atoms with van der Waals surface area (Å²) in [6, 6.07) is 4.45. The second-order valence-corrected chi connectivity index (χ2v) is 17.2. The van der Waals surface area contributed by atoms with E-state index in [9.17, 15) is 22.4 Å². The number of aromatic nitrogens is 1. The normalized spacial score (nSPS) is 19.2. The molecule has 1 aromatic heterocycles. The van der Waals surface area contributed by atoms with Crippen LogP contribution in [-0.4, -0.2) is 62.7 Å². The maximum Gasteiger partial charge on any atom is 0.417 e. The lowest BCUT2D eigenvalue weighted by Gasteiger charge is -2.44. The number of amides is 1. The van der Waals surface area contributed by atoms with E-state index in [1.165, 1.54) is 12.1 Å². The Balaban J connectivity index is 1.92. The molecule has 3 rings (SSSR count). The van der Waals surface area contributed by atoms with E-state index in [1.54, 1.807) is 0 Å². The highest BCUT2D eigenvalue weighted by molar-refractivity contribution is 9.10. The molecule has 1 amide bonds. The summed E-state index contributed by atoms with van der Waals surface area (Å²) in [7, 11) is 0.551. The van der Waals surface area contributed by atoms with E-state index in [0.29, 0.717) is 18.8 Å². The van der Waals surface area contributed by atoms with Gasteiger partial charge in [0.25, 0.3) is 5.91 Å². The average molecular weight is 606 g/mol. The van der Waals surface area contributed by atoms with Gasteiger partial charge in [-0.2, -0.15) is 13.2 Å². The van der Waals surface area contributed by atoms with Gasteiger partial charge in [0.2, 0.25) is 5.88 Å². The molecule has 0 unspecified atom stereocenters. The first kappa shape index (κ1) is 29.4. The number of nitrogens with one attached hydrogen (secondary N) is 1. The van der Waals surface area contributed by atoms with Crippen molar-refractivity contribution in [2.45, 2.75) is 57.8 Å². The quantitative estimate of drug-likeness (QED) is 0.289. The lowest BCUT2D eigenvalue weighted by molar-refractivity contribution is -0.138. The van der Waals surface area contributed by atoms with Gasteiger partial charge in [0.15, 0.2) is 0 Å². The summed E-state index contributed by atoms with van der Waals surface area (Å²) >= 11 is 3.12. The predicted octanol–water partition coefficient (Wildman–Crippen LogP) is 6.50. The van der Waals surface area contributed by atoms with Crippen molar-refractivity contribution in [3.05, 3.63) is 45.8 Å². The molecule has 1 N–H and O–H groups in total. The van der Waals surface area contributed by atoms with Crippen molar-refractivity contribution < 1.29 is 27.1 Å². The Labute approximate surface area is 224 Å². The summed E-state index contributed by atoms with van der Waals surface area (Å²) in [5.41, 5.74) is -1.19. The molecule has 2 atom stereocenters. The van der Waals surface area contributed by atoms with Crippen LogP contribution >= 0.6 is 15.9 Å². The van der Waals surface area contributed by atoms with Gasteiger partial charge in [-0.05, 0) is 48.9 Å². The average Bonchev–Trinajstić information content (AvgIpc) is 2.78. The molecule has 0 saturated carbocycles. The van der Waals surface area contributed by atoms with Gasteiger partial charge in [0.05, 0.1) is 33.6 Å². The van der Waals surface area contributed by atoms with Crippen molar-refractivity contribution >= 4 is 41.3 Å². The van der Waals surface area contributed by atoms with Crippen molar-refractivity contribution in [1.29, 1.82) is 0 Å². The Hall–Kier alpha value is -2.18. The number of hydrogen-bond acceptors (Lipinski definition) is 5. The number of rotatable bonds is 7. The van der Waals surface area contributed by atoms with Crippen molar-refractivity contribution in [2.75, 3.05) is 37.0 Å². The molecule has 37 heavy (non-hydrogen) atoms. The molecule has 1 fully saturated rings. The van der Waals surface area contributed by atoms with Gasteiger partial charge in [-0.25, -0.2) is 9.37 Å². The van der Waals surface area contributed by atoms with E-state index in [-0.39, 0.29) is 34.7 Å². The van der Waals surface area contributed by atoms with Crippen molar-refractivity contribution in [1.82, 2.24) is 9.88 Å². The summed E-state index contributed by atoms with van der Waals surface area (Å²) in [5, 5.41) is 2.56. The first-order valence-electron chi connectivity index (χ1n) is 12.0. The molecule has 1 aliphatic rings. The molecule has 1 saturated heterocycles. The third-order valence-electron chi connectivity index (χ3n) is 6.52. The van der Waals surface area contributed by atoms with Gasteiger partial charge < -0.3 is 15.0 Å². The maximum absolute atomic E-state index is 14.5. The largest absolute Gasteiger partial charge is 0.478 e. The molecule has 0 bridgehead atoms. The SMILES string of the molecule is C[C@@H]1CN(c2cc(F)c(Br)cc2NC(=O)c2cnc(OCC[Si](C)(C)C)cc2C(F)(F)F)C[C@H](C)N1C. The summed E-state index contributed by atoms with van der Waals surface area (Å²) in [6.45, 7) is 11.8. The number of benzene rings is 1. The van der Waals surface area contributed by atoms with Crippen LogP contribution in [0.2, 0.25) is 25.7 Å². The molecule has 1 aliphatic heterocycles. The van der Waals surface area contributed by atoms with Gasteiger partial charge in [-0.15, -0.1) is 0 Å². The lowest BCUT2D eigenvalue weighted by atomic mass is 10.1.